The van der Waals surface area contributed by atoms with Gasteiger partial charge in [0.1, 0.15) is 0 Å². The van der Waals surface area contributed by atoms with Gasteiger partial charge >= 0.3 is 46.0 Å². The van der Waals surface area contributed by atoms with Crippen LogP contribution in [0.2, 0.25) is 0 Å². The molecule has 0 saturated carbocycles. The third kappa shape index (κ3) is 33.1. The third-order valence-electron chi connectivity index (χ3n) is 0. The average Bonchev–Trinajstić information content (AvgIpc) is 0.811. The summed E-state index contributed by atoms with van der Waals surface area (Å²) in [6, 6.07) is 0. The van der Waals surface area contributed by atoms with E-state index < -0.39 is 25.7 Å². The Bertz CT molecular complexity index is 19.7. The number of rotatable bonds is 0. The van der Waals surface area contributed by atoms with Gasteiger partial charge in [-0.05, 0) is 0 Å². The van der Waals surface area contributed by atoms with Gasteiger partial charge in [0.25, 0.3) is 0 Å². The van der Waals surface area contributed by atoms with Crippen LogP contribution in [0.15, 0.2) is 0 Å². The van der Waals surface area contributed by atoms with Gasteiger partial charge in [0.05, 0.1) is 0 Å². The second kappa shape index (κ2) is 18.0. The molecule has 0 aromatic heterocycles. The van der Waals surface area contributed by atoms with Crippen LogP contribution < -0.4 is 0 Å². The zero-order valence-corrected chi connectivity index (χ0v) is 19.2. The van der Waals surface area contributed by atoms with Gasteiger partial charge in [-0.15, -0.1) is 0 Å². The van der Waals surface area contributed by atoms with Crippen molar-refractivity contribution >= 4 is 20.4 Å². The van der Waals surface area contributed by atoms with Crippen LogP contribution in [0.1, 0.15) is 0 Å². The van der Waals surface area contributed by atoms with E-state index in [1.807, 2.05) is 0 Å². The van der Waals surface area contributed by atoms with Crippen molar-refractivity contribution in [3.8, 4) is 0 Å². The first-order chi connectivity index (χ1) is 1.73. The molecule has 0 aromatic rings. The van der Waals surface area contributed by atoms with Gasteiger partial charge in [0.15, 0.2) is 0 Å². The molecule has 0 aromatic carbocycles. The summed E-state index contributed by atoms with van der Waals surface area (Å²) in [4.78, 5) is 0. The molecule has 0 amide bonds. The van der Waals surface area contributed by atoms with Crippen molar-refractivity contribution in [1.82, 2.24) is 0 Å². The molecule has 0 N–H and O–H groups in total. The second-order valence-corrected chi connectivity index (χ2v) is 16.2. The van der Waals surface area contributed by atoms with Crippen LogP contribution in [0.5, 0.6) is 0 Å². The van der Waals surface area contributed by atoms with Gasteiger partial charge in [-0.2, -0.15) is 0 Å². The molecule has 0 saturated heterocycles. The minimum absolute atomic E-state index is 0. The fourth-order valence-corrected chi connectivity index (χ4v) is 0. The summed E-state index contributed by atoms with van der Waals surface area (Å²) in [7, 11) is 0. The number of hydrogen-bond donors (Lipinski definition) is 0. The second-order valence-electron chi connectivity index (χ2n) is 0.247. The van der Waals surface area contributed by atoms with Gasteiger partial charge in [-0.25, -0.2) is 0 Å². The van der Waals surface area contributed by atoms with Crippen LogP contribution in [-0.4, -0.2) is 0 Å². The Morgan fingerprint density at radius 2 is 1.00 bits per heavy atom. The van der Waals surface area contributed by atoms with Crippen molar-refractivity contribution in [2.24, 2.45) is 0 Å². The third-order valence-corrected chi connectivity index (χ3v) is 0. The van der Waals surface area contributed by atoms with E-state index in [2.05, 4.69) is 0 Å². The summed E-state index contributed by atoms with van der Waals surface area (Å²) < 4.78 is 0. The maximum Gasteiger partial charge on any atom is 0 e. The monoisotopic (exact) mass is 667 g/mol. The van der Waals surface area contributed by atoms with Crippen LogP contribution in [0.25, 0.3) is 0 Å². The molecule has 0 nitrogen and oxygen atoms in total. The first-order valence-corrected chi connectivity index (χ1v) is 14.3. The topological polar surface area (TPSA) is 0 Å². The number of halogens is 3. The van der Waals surface area contributed by atoms with E-state index in [9.17, 15) is 0 Å². The molecule has 0 aliphatic carbocycles. The summed E-state index contributed by atoms with van der Waals surface area (Å²) in [6.07, 6.45) is 0. The predicted molar refractivity (Wildman–Crippen MR) is 17.6 cm³/mol. The molecule has 0 aliphatic rings. The Hall–Kier alpha value is 6.16. The molecule has 1 radical (unpaired) electrons. The van der Waals surface area contributed by atoms with E-state index in [4.69, 9.17) is 20.4 Å². The maximum atomic E-state index is 5.03. The minimum atomic E-state index is -2.31. The molecular formula is CeCl3LaNdPr. The van der Waals surface area contributed by atoms with Crippen LogP contribution in [0.4, 0.5) is 0 Å². The first kappa shape index (κ1) is 23.2. The van der Waals surface area contributed by atoms with Crippen molar-refractivity contribution in [3.63, 3.8) is 0 Å². The van der Waals surface area contributed by atoms with E-state index >= 15 is 0 Å². The molecule has 0 rings (SSSR count). The Kier molecular flexibility index (Phi) is 59.8. The smallest absolute Gasteiger partial charge is 0 e. The summed E-state index contributed by atoms with van der Waals surface area (Å²) in [6.45, 7) is 15.1. The van der Waals surface area contributed by atoms with Crippen molar-refractivity contribution < 1.29 is 150 Å². The molecule has 0 atom stereocenters. The Morgan fingerprint density at radius 1 is 1.00 bits per heavy atom. The van der Waals surface area contributed by atoms with Crippen molar-refractivity contribution in [1.29, 1.82) is 0 Å². The first-order valence-electron chi connectivity index (χ1n) is 0.655. The molecule has 0 bridgehead atoms. The minimum Gasteiger partial charge on any atom is 0 e. The van der Waals surface area contributed by atoms with E-state index in [1.54, 1.807) is 0 Å². The van der Waals surface area contributed by atoms with Gasteiger partial charge in [0, 0.05) is 124 Å². The standard InChI is InChI=1S/Ce.3ClH.La.Nd.Pr/h;3*1H;;;/q;;;;+3;;/p-3. The quantitative estimate of drug-likeness (QED) is 0.371. The summed E-state index contributed by atoms with van der Waals surface area (Å²) in [5.41, 5.74) is 0. The fraction of sp³-hybridized carbons (Fsp3) is 0. The van der Waals surface area contributed by atoms with Crippen molar-refractivity contribution in [2.45, 2.75) is 0 Å². The molecule has 0 heterocycles. The van der Waals surface area contributed by atoms with Crippen LogP contribution in [0.3, 0.4) is 0 Å². The molecule has 35 valence electrons. The Morgan fingerprint density at radius 3 is 1.00 bits per heavy atom. The van der Waals surface area contributed by atoms with Gasteiger partial charge < -0.3 is 0 Å². The summed E-state index contributed by atoms with van der Waals surface area (Å²) in [5, 5.41) is 0. The summed E-state index contributed by atoms with van der Waals surface area (Å²) in [5.74, 6) is 0. The molecule has 0 aliphatic heterocycles. The molecule has 0 spiro atoms. The molecule has 7 heteroatoms. The van der Waals surface area contributed by atoms with Gasteiger partial charge in [-0.1, -0.05) is 0 Å². The molecule has 0 fully saturated rings. The zero-order valence-electron chi connectivity index (χ0n) is 3.29. The van der Waals surface area contributed by atoms with Crippen LogP contribution in [-0.2, 0) is 0 Å². The SMILES string of the molecule is [Ce].[Cl][La]([Cl])[Cl].[Nd].[Pr]. The number of hydrogen-bond acceptors (Lipinski definition) is 0. The maximum absolute atomic E-state index is 5.03. The van der Waals surface area contributed by atoms with Crippen molar-refractivity contribution in [2.75, 3.05) is 0 Å². The van der Waals surface area contributed by atoms with Crippen molar-refractivity contribution in [3.05, 3.63) is 0 Å². The van der Waals surface area contributed by atoms with E-state index in [0.29, 0.717) is 0 Å². The summed E-state index contributed by atoms with van der Waals surface area (Å²) >= 11 is -2.31. The van der Waals surface area contributed by atoms with Crippen LogP contribution >= 0.6 is 20.4 Å². The zero-order chi connectivity index (χ0) is 3.58. The molecular weight excluding hydrogens is 671 g/mol. The van der Waals surface area contributed by atoms with E-state index in [-0.39, 0.29) is 124 Å². The van der Waals surface area contributed by atoms with E-state index in [1.165, 1.54) is 0 Å². The average molecular weight is 671 g/mol. The predicted octanol–water partition coefficient (Wildman–Crippen LogP) is 2.07. The largest absolute Gasteiger partial charge is 0 e. The van der Waals surface area contributed by atoms with E-state index in [0.717, 1.165) is 0 Å². The fourth-order valence-electron chi connectivity index (χ4n) is 0. The van der Waals surface area contributed by atoms with Gasteiger partial charge in [0.2, 0.25) is 0 Å². The normalized spacial score (nSPS) is 3.86. The molecule has 0 unspecified atom stereocenters. The molecule has 7 heavy (non-hydrogen) atoms. The van der Waals surface area contributed by atoms with Crippen LogP contribution in [0, 0.1) is 150 Å². The Labute approximate surface area is 164 Å². The van der Waals surface area contributed by atoms with Gasteiger partial charge in [-0.3, -0.25) is 0 Å². The Balaban J connectivity index is -0.0000000150.